The van der Waals surface area contributed by atoms with Crippen molar-refractivity contribution in [1.29, 1.82) is 0 Å². The number of amides is 4. The fourth-order valence-corrected chi connectivity index (χ4v) is 3.88. The van der Waals surface area contributed by atoms with E-state index in [1.54, 1.807) is 31.2 Å². The van der Waals surface area contributed by atoms with Crippen molar-refractivity contribution in [3.8, 4) is 0 Å². The van der Waals surface area contributed by atoms with Crippen LogP contribution in [-0.4, -0.2) is 42.1 Å². The van der Waals surface area contributed by atoms with Gasteiger partial charge >= 0.3 is 0 Å². The Morgan fingerprint density at radius 2 is 1.65 bits per heavy atom. The summed E-state index contributed by atoms with van der Waals surface area (Å²) in [7, 11) is 1.51. The highest BCUT2D eigenvalue weighted by molar-refractivity contribution is 7.16. The molecule has 8 heteroatoms. The molecule has 0 aliphatic carbocycles. The van der Waals surface area contributed by atoms with Crippen LogP contribution in [0.1, 0.15) is 41.5 Å². The Labute approximate surface area is 154 Å². The molecule has 0 saturated heterocycles. The third kappa shape index (κ3) is 2.88. The average Bonchev–Trinajstić information content (AvgIpc) is 3.03. The molecular weight excluding hydrogens is 354 g/mol. The number of thiophene rings is 1. The predicted molar refractivity (Wildman–Crippen MR) is 97.6 cm³/mol. The van der Waals surface area contributed by atoms with E-state index in [1.165, 1.54) is 18.4 Å². The van der Waals surface area contributed by atoms with E-state index in [9.17, 15) is 19.2 Å². The van der Waals surface area contributed by atoms with E-state index >= 15 is 0 Å². The van der Waals surface area contributed by atoms with Gasteiger partial charge in [-0.2, -0.15) is 0 Å². The molecule has 2 heterocycles. The van der Waals surface area contributed by atoms with E-state index in [1.807, 2.05) is 6.92 Å². The molecule has 0 radical (unpaired) electrons. The van der Waals surface area contributed by atoms with Gasteiger partial charge in [-0.1, -0.05) is 12.1 Å². The molecule has 0 saturated carbocycles. The molecule has 2 aromatic rings. The summed E-state index contributed by atoms with van der Waals surface area (Å²) in [5.74, 6) is -1.83. The van der Waals surface area contributed by atoms with Gasteiger partial charge in [0.15, 0.2) is 0 Å². The molecule has 134 valence electrons. The van der Waals surface area contributed by atoms with E-state index in [4.69, 9.17) is 0 Å². The van der Waals surface area contributed by atoms with Gasteiger partial charge in [0.1, 0.15) is 11.5 Å². The van der Waals surface area contributed by atoms with Gasteiger partial charge in [-0.15, -0.1) is 11.3 Å². The van der Waals surface area contributed by atoms with Gasteiger partial charge < -0.3 is 10.6 Å². The van der Waals surface area contributed by atoms with E-state index in [2.05, 4.69) is 10.6 Å². The van der Waals surface area contributed by atoms with Crippen molar-refractivity contribution in [2.24, 2.45) is 0 Å². The van der Waals surface area contributed by atoms with Crippen molar-refractivity contribution in [1.82, 2.24) is 10.2 Å². The zero-order valence-corrected chi connectivity index (χ0v) is 15.3. The fraction of sp³-hybridized carbons (Fsp3) is 0.222. The molecule has 0 unspecified atom stereocenters. The van der Waals surface area contributed by atoms with Gasteiger partial charge in [-0.25, -0.2) is 0 Å². The average molecular weight is 371 g/mol. The molecule has 1 aromatic carbocycles. The summed E-state index contributed by atoms with van der Waals surface area (Å²) in [6.07, 6.45) is 0. The van der Waals surface area contributed by atoms with E-state index in [-0.39, 0.29) is 5.91 Å². The molecule has 3 rings (SSSR count). The zero-order valence-electron chi connectivity index (χ0n) is 14.5. The molecule has 4 amide bonds. The van der Waals surface area contributed by atoms with Crippen LogP contribution in [0.2, 0.25) is 0 Å². The lowest BCUT2D eigenvalue weighted by atomic mass is 10.1. The quantitative estimate of drug-likeness (QED) is 0.803. The van der Waals surface area contributed by atoms with Crippen molar-refractivity contribution in [2.75, 3.05) is 18.9 Å². The Bertz CT molecular complexity index is 913. The van der Waals surface area contributed by atoms with Crippen LogP contribution < -0.4 is 10.6 Å². The summed E-state index contributed by atoms with van der Waals surface area (Å²) in [5.41, 5.74) is 1.76. The van der Waals surface area contributed by atoms with Crippen LogP contribution in [0.25, 0.3) is 0 Å². The minimum absolute atomic E-state index is 0.291. The van der Waals surface area contributed by atoms with E-state index in [0.717, 1.165) is 15.3 Å². The maximum absolute atomic E-state index is 12.4. The normalized spacial score (nSPS) is 13.0. The molecule has 0 spiro atoms. The third-order valence-corrected chi connectivity index (χ3v) is 5.39. The highest BCUT2D eigenvalue weighted by Crippen LogP contribution is 2.32. The lowest BCUT2D eigenvalue weighted by Crippen LogP contribution is -2.37. The Morgan fingerprint density at radius 1 is 1.08 bits per heavy atom. The minimum atomic E-state index is -0.536. The SMILES string of the molecule is CNC(=O)c1c(NC(=O)CN2C(=O)c3ccccc3C2=O)sc(C)c1C. The first-order chi connectivity index (χ1) is 12.3. The monoisotopic (exact) mass is 371 g/mol. The fourth-order valence-electron chi connectivity index (χ4n) is 2.81. The zero-order chi connectivity index (χ0) is 19.0. The van der Waals surface area contributed by atoms with Gasteiger partial charge in [0.25, 0.3) is 17.7 Å². The van der Waals surface area contributed by atoms with Crippen LogP contribution in [0, 0.1) is 13.8 Å². The second-order valence-electron chi connectivity index (χ2n) is 5.86. The number of anilines is 1. The largest absolute Gasteiger partial charge is 0.355 e. The van der Waals surface area contributed by atoms with E-state index in [0.29, 0.717) is 21.7 Å². The Kier molecular flexibility index (Phi) is 4.60. The molecule has 0 atom stereocenters. The van der Waals surface area contributed by atoms with Crippen molar-refractivity contribution in [3.63, 3.8) is 0 Å². The summed E-state index contributed by atoms with van der Waals surface area (Å²) < 4.78 is 0. The summed E-state index contributed by atoms with van der Waals surface area (Å²) in [6.45, 7) is 3.25. The number of hydrogen-bond donors (Lipinski definition) is 2. The highest BCUT2D eigenvalue weighted by atomic mass is 32.1. The lowest BCUT2D eigenvalue weighted by molar-refractivity contribution is -0.116. The van der Waals surface area contributed by atoms with Crippen LogP contribution in [0.15, 0.2) is 24.3 Å². The van der Waals surface area contributed by atoms with Crippen molar-refractivity contribution in [3.05, 3.63) is 51.4 Å². The molecule has 0 fully saturated rings. The molecule has 26 heavy (non-hydrogen) atoms. The van der Waals surface area contributed by atoms with Crippen molar-refractivity contribution in [2.45, 2.75) is 13.8 Å². The molecule has 1 aliphatic rings. The Balaban J connectivity index is 1.79. The first kappa shape index (κ1) is 17.8. The van der Waals surface area contributed by atoms with Gasteiger partial charge in [0.2, 0.25) is 5.91 Å². The number of nitrogens with one attached hydrogen (secondary N) is 2. The minimum Gasteiger partial charge on any atom is -0.355 e. The number of nitrogens with zero attached hydrogens (tertiary/aromatic N) is 1. The number of aryl methyl sites for hydroxylation is 1. The molecule has 7 nitrogen and oxygen atoms in total. The van der Waals surface area contributed by atoms with Crippen LogP contribution in [0.3, 0.4) is 0 Å². The topological polar surface area (TPSA) is 95.6 Å². The molecule has 0 bridgehead atoms. The van der Waals surface area contributed by atoms with Crippen LogP contribution >= 0.6 is 11.3 Å². The van der Waals surface area contributed by atoms with Crippen molar-refractivity contribution >= 4 is 40.0 Å². The number of carbonyl (C=O) groups is 4. The second-order valence-corrected chi connectivity index (χ2v) is 7.08. The standard InChI is InChI=1S/C18H17N3O4S/c1-9-10(2)26-16(14(9)15(23)19-3)20-13(22)8-21-17(24)11-6-4-5-7-12(11)18(21)25/h4-7H,8H2,1-3H3,(H,19,23)(H,20,22). The molecular formula is C18H17N3O4S. The Hall–Kier alpha value is -3.00. The number of hydrogen-bond acceptors (Lipinski definition) is 5. The number of imide groups is 1. The smallest absolute Gasteiger partial charge is 0.262 e. The van der Waals surface area contributed by atoms with Gasteiger partial charge in [0.05, 0.1) is 16.7 Å². The Morgan fingerprint density at radius 3 is 2.19 bits per heavy atom. The summed E-state index contributed by atoms with van der Waals surface area (Å²) in [6, 6.07) is 6.45. The van der Waals surface area contributed by atoms with Gasteiger partial charge in [-0.3, -0.25) is 24.1 Å². The maximum Gasteiger partial charge on any atom is 0.262 e. The number of rotatable bonds is 4. The van der Waals surface area contributed by atoms with Crippen molar-refractivity contribution < 1.29 is 19.2 Å². The second kappa shape index (κ2) is 6.72. The number of fused-ring (bicyclic) bond motifs is 1. The summed E-state index contributed by atoms with van der Waals surface area (Å²) in [5, 5.41) is 5.60. The molecule has 2 N–H and O–H groups in total. The number of benzene rings is 1. The third-order valence-electron chi connectivity index (χ3n) is 4.27. The molecule has 1 aliphatic heterocycles. The van der Waals surface area contributed by atoms with E-state index < -0.39 is 24.3 Å². The summed E-state index contributed by atoms with van der Waals surface area (Å²) in [4.78, 5) is 51.0. The predicted octanol–water partition coefficient (Wildman–Crippen LogP) is 1.96. The maximum atomic E-state index is 12.4. The number of carbonyl (C=O) groups excluding carboxylic acids is 4. The van der Waals surface area contributed by atoms with Crippen LogP contribution in [0.4, 0.5) is 5.00 Å². The highest BCUT2D eigenvalue weighted by Gasteiger charge is 2.36. The first-order valence-corrected chi connectivity index (χ1v) is 8.74. The lowest BCUT2D eigenvalue weighted by Gasteiger charge is -2.13. The first-order valence-electron chi connectivity index (χ1n) is 7.92. The molecule has 1 aromatic heterocycles. The van der Waals surface area contributed by atoms with Gasteiger partial charge in [-0.05, 0) is 31.5 Å². The van der Waals surface area contributed by atoms with Gasteiger partial charge in [0, 0.05) is 11.9 Å². The van der Waals surface area contributed by atoms with Crippen LogP contribution in [0.5, 0.6) is 0 Å². The van der Waals surface area contributed by atoms with Crippen LogP contribution in [-0.2, 0) is 4.79 Å². The summed E-state index contributed by atoms with van der Waals surface area (Å²) >= 11 is 1.28.